The second-order valence-corrected chi connectivity index (χ2v) is 4.57. The molecular formula is C10H16O4. The van der Waals surface area contributed by atoms with Crippen molar-refractivity contribution in [1.29, 1.82) is 0 Å². The third-order valence-corrected chi connectivity index (χ3v) is 2.39. The molecule has 1 heterocycles. The van der Waals surface area contributed by atoms with Gasteiger partial charge in [0.05, 0.1) is 0 Å². The summed E-state index contributed by atoms with van der Waals surface area (Å²) < 4.78 is 10.0. The van der Waals surface area contributed by atoms with Gasteiger partial charge in [-0.1, -0.05) is 27.4 Å². The number of carbonyl (C=O) groups is 1. The predicted molar refractivity (Wildman–Crippen MR) is 50.2 cm³/mol. The van der Waals surface area contributed by atoms with Crippen LogP contribution in [0.5, 0.6) is 0 Å². The van der Waals surface area contributed by atoms with Crippen LogP contribution in [0.3, 0.4) is 0 Å². The molecule has 0 saturated carbocycles. The van der Waals surface area contributed by atoms with E-state index in [4.69, 9.17) is 9.47 Å². The van der Waals surface area contributed by atoms with Gasteiger partial charge in [-0.15, -0.1) is 0 Å². The average molecular weight is 200 g/mol. The van der Waals surface area contributed by atoms with Gasteiger partial charge in [-0.05, 0) is 0 Å². The maximum absolute atomic E-state index is 11.0. The molecule has 0 aliphatic carbocycles. The third-order valence-electron chi connectivity index (χ3n) is 2.39. The minimum absolute atomic E-state index is 0.511. The van der Waals surface area contributed by atoms with Gasteiger partial charge in [0.2, 0.25) is 5.79 Å². The van der Waals surface area contributed by atoms with Gasteiger partial charge in [-0.3, -0.25) is 4.74 Å². The lowest BCUT2D eigenvalue weighted by Crippen LogP contribution is -2.38. The Labute approximate surface area is 83.5 Å². The zero-order valence-electron chi connectivity index (χ0n) is 8.96. The molecule has 2 atom stereocenters. The second-order valence-electron chi connectivity index (χ2n) is 4.57. The van der Waals surface area contributed by atoms with Crippen molar-refractivity contribution in [3.05, 3.63) is 12.7 Å². The molecule has 14 heavy (non-hydrogen) atoms. The summed E-state index contributed by atoms with van der Waals surface area (Å²) in [6.07, 6.45) is 1.04. The second kappa shape index (κ2) is 2.81. The van der Waals surface area contributed by atoms with E-state index in [9.17, 15) is 9.90 Å². The topological polar surface area (TPSA) is 59.1 Å². The van der Waals surface area contributed by atoms with Gasteiger partial charge in [0.25, 0.3) is 5.79 Å². The maximum atomic E-state index is 11.0. The number of rotatable bonds is 2. The molecule has 4 heteroatoms. The Kier molecular flexibility index (Phi) is 2.25. The first-order valence-electron chi connectivity index (χ1n) is 4.44. The average Bonchev–Trinajstić information content (AvgIpc) is 2.54. The summed E-state index contributed by atoms with van der Waals surface area (Å²) in [4.78, 5) is 11.0. The SMILES string of the molecule is C=CC(=O)OC1(C)OC1(O)C(C)(C)C. The highest BCUT2D eigenvalue weighted by molar-refractivity contribution is 5.81. The summed E-state index contributed by atoms with van der Waals surface area (Å²) in [5.41, 5.74) is -0.511. The number of epoxide rings is 1. The highest BCUT2D eigenvalue weighted by Gasteiger charge is 2.75. The van der Waals surface area contributed by atoms with Crippen LogP contribution in [0.15, 0.2) is 12.7 Å². The maximum Gasteiger partial charge on any atom is 0.332 e. The number of aliphatic hydroxyl groups is 1. The normalized spacial score (nSPS) is 36.4. The Morgan fingerprint density at radius 3 is 2.36 bits per heavy atom. The Bertz CT molecular complexity index is 278. The van der Waals surface area contributed by atoms with Crippen LogP contribution in [-0.2, 0) is 14.3 Å². The van der Waals surface area contributed by atoms with Crippen LogP contribution in [0.2, 0.25) is 0 Å². The number of ether oxygens (including phenoxy) is 2. The number of esters is 1. The standard InChI is InChI=1S/C10H16O4/c1-6-7(11)13-9(5)10(12,14-9)8(2,3)4/h6,12H,1H2,2-5H3. The van der Waals surface area contributed by atoms with E-state index < -0.39 is 23.0 Å². The first-order chi connectivity index (χ1) is 6.16. The Hall–Kier alpha value is -0.870. The molecule has 0 aromatic heterocycles. The molecule has 0 aromatic rings. The van der Waals surface area contributed by atoms with Crippen molar-refractivity contribution < 1.29 is 19.4 Å². The zero-order valence-corrected chi connectivity index (χ0v) is 8.96. The van der Waals surface area contributed by atoms with Crippen LogP contribution in [-0.4, -0.2) is 22.7 Å². The van der Waals surface area contributed by atoms with Crippen molar-refractivity contribution in [1.82, 2.24) is 0 Å². The lowest BCUT2D eigenvalue weighted by Gasteiger charge is -2.24. The molecule has 1 fully saturated rings. The van der Waals surface area contributed by atoms with Gasteiger partial charge in [0.1, 0.15) is 0 Å². The molecule has 1 aliphatic rings. The van der Waals surface area contributed by atoms with E-state index >= 15 is 0 Å². The van der Waals surface area contributed by atoms with Crippen molar-refractivity contribution in [3.8, 4) is 0 Å². The van der Waals surface area contributed by atoms with E-state index in [0.717, 1.165) is 6.08 Å². The van der Waals surface area contributed by atoms with Gasteiger partial charge in [0, 0.05) is 18.4 Å². The van der Waals surface area contributed by atoms with E-state index in [1.807, 2.05) is 0 Å². The predicted octanol–water partition coefficient (Wildman–Crippen LogP) is 1.20. The molecule has 0 spiro atoms. The number of hydrogen-bond acceptors (Lipinski definition) is 4. The molecule has 1 saturated heterocycles. The van der Waals surface area contributed by atoms with Crippen molar-refractivity contribution in [3.63, 3.8) is 0 Å². The fourth-order valence-electron chi connectivity index (χ4n) is 1.41. The van der Waals surface area contributed by atoms with E-state index in [-0.39, 0.29) is 0 Å². The van der Waals surface area contributed by atoms with E-state index in [1.54, 1.807) is 20.8 Å². The highest BCUT2D eigenvalue weighted by atomic mass is 16.9. The quantitative estimate of drug-likeness (QED) is 0.413. The highest BCUT2D eigenvalue weighted by Crippen LogP contribution is 2.56. The summed E-state index contributed by atoms with van der Waals surface area (Å²) in [6.45, 7) is 10.2. The molecule has 0 bridgehead atoms. The van der Waals surface area contributed by atoms with E-state index in [1.165, 1.54) is 6.92 Å². The van der Waals surface area contributed by atoms with Gasteiger partial charge < -0.3 is 9.84 Å². The lowest BCUT2D eigenvalue weighted by atomic mass is 9.86. The van der Waals surface area contributed by atoms with Crippen molar-refractivity contribution in [2.75, 3.05) is 0 Å². The van der Waals surface area contributed by atoms with E-state index in [0.29, 0.717) is 0 Å². The molecule has 0 amide bonds. The Morgan fingerprint density at radius 1 is 1.57 bits per heavy atom. The third kappa shape index (κ3) is 1.44. The molecule has 2 unspecified atom stereocenters. The van der Waals surface area contributed by atoms with Crippen LogP contribution in [0.25, 0.3) is 0 Å². The van der Waals surface area contributed by atoms with Crippen LogP contribution in [0.4, 0.5) is 0 Å². The molecular weight excluding hydrogens is 184 g/mol. The summed E-state index contributed by atoms with van der Waals surface area (Å²) >= 11 is 0. The number of carbonyl (C=O) groups excluding carboxylic acids is 1. The first kappa shape index (κ1) is 11.2. The smallest absolute Gasteiger partial charge is 0.332 e. The summed E-state index contributed by atoms with van der Waals surface area (Å²) in [5, 5.41) is 9.99. The zero-order chi connectivity index (χ0) is 11.2. The molecule has 1 N–H and O–H groups in total. The molecule has 80 valence electrons. The summed E-state index contributed by atoms with van der Waals surface area (Å²) in [5.74, 6) is -3.28. The summed E-state index contributed by atoms with van der Waals surface area (Å²) in [7, 11) is 0. The van der Waals surface area contributed by atoms with E-state index in [2.05, 4.69) is 6.58 Å². The fourth-order valence-corrected chi connectivity index (χ4v) is 1.41. The Balaban J connectivity index is 2.75. The molecule has 1 rings (SSSR count). The largest absolute Gasteiger partial charge is 0.424 e. The van der Waals surface area contributed by atoms with Crippen molar-refractivity contribution in [2.24, 2.45) is 5.41 Å². The molecule has 0 aromatic carbocycles. The van der Waals surface area contributed by atoms with Crippen molar-refractivity contribution in [2.45, 2.75) is 39.3 Å². The van der Waals surface area contributed by atoms with Gasteiger partial charge in [-0.25, -0.2) is 4.79 Å². The minimum atomic E-state index is -1.42. The lowest BCUT2D eigenvalue weighted by molar-refractivity contribution is -0.153. The van der Waals surface area contributed by atoms with Gasteiger partial charge in [-0.2, -0.15) is 0 Å². The van der Waals surface area contributed by atoms with Gasteiger partial charge in [0.15, 0.2) is 0 Å². The summed E-state index contributed by atoms with van der Waals surface area (Å²) in [6, 6.07) is 0. The molecule has 1 aliphatic heterocycles. The molecule has 0 radical (unpaired) electrons. The minimum Gasteiger partial charge on any atom is -0.424 e. The molecule has 4 nitrogen and oxygen atoms in total. The van der Waals surface area contributed by atoms with Gasteiger partial charge >= 0.3 is 5.97 Å². The monoisotopic (exact) mass is 200 g/mol. The van der Waals surface area contributed by atoms with Crippen LogP contribution >= 0.6 is 0 Å². The Morgan fingerprint density at radius 2 is 2.07 bits per heavy atom. The number of hydrogen-bond donors (Lipinski definition) is 1. The fraction of sp³-hybridized carbons (Fsp3) is 0.700. The van der Waals surface area contributed by atoms with Crippen LogP contribution < -0.4 is 0 Å². The van der Waals surface area contributed by atoms with Crippen molar-refractivity contribution >= 4 is 5.97 Å². The first-order valence-corrected chi connectivity index (χ1v) is 4.44. The van der Waals surface area contributed by atoms with Crippen LogP contribution in [0, 0.1) is 5.41 Å². The van der Waals surface area contributed by atoms with Crippen LogP contribution in [0.1, 0.15) is 27.7 Å².